The van der Waals surface area contributed by atoms with E-state index in [0.29, 0.717) is 25.9 Å². The second-order valence-corrected chi connectivity index (χ2v) is 8.78. The zero-order chi connectivity index (χ0) is 22.0. The van der Waals surface area contributed by atoms with Crippen LogP contribution in [0.1, 0.15) is 49.5 Å². The lowest BCUT2D eigenvalue weighted by atomic mass is 9.83. The number of rotatable bonds is 7. The van der Waals surface area contributed by atoms with Crippen LogP contribution in [0.2, 0.25) is 0 Å². The fourth-order valence-electron chi connectivity index (χ4n) is 3.81. The van der Waals surface area contributed by atoms with Gasteiger partial charge in [-0.3, -0.25) is 9.97 Å². The topological polar surface area (TPSA) is 75.0 Å². The van der Waals surface area contributed by atoms with Crippen molar-refractivity contribution in [2.24, 2.45) is 5.92 Å². The lowest BCUT2D eigenvalue weighted by molar-refractivity contribution is -0.0304. The van der Waals surface area contributed by atoms with Crippen LogP contribution in [0.4, 0.5) is 10.2 Å². The summed E-state index contributed by atoms with van der Waals surface area (Å²) in [5, 5.41) is 10.7. The molecule has 0 bridgehead atoms. The first-order chi connectivity index (χ1) is 14.8. The van der Waals surface area contributed by atoms with E-state index >= 15 is 0 Å². The maximum atomic E-state index is 13.3. The van der Waals surface area contributed by atoms with Crippen LogP contribution >= 0.6 is 12.4 Å². The highest BCUT2D eigenvalue weighted by Crippen LogP contribution is 2.32. The minimum Gasteiger partial charge on any atom is -0.386 e. The molecule has 1 atom stereocenters. The molecule has 1 aliphatic heterocycles. The van der Waals surface area contributed by atoms with Crippen LogP contribution in [-0.2, 0) is 12.8 Å². The predicted molar refractivity (Wildman–Crippen MR) is 125 cm³/mol. The first-order valence-corrected chi connectivity index (χ1v) is 10.7. The van der Waals surface area contributed by atoms with E-state index in [2.05, 4.69) is 21.8 Å². The first kappa shape index (κ1) is 24.0. The number of aliphatic hydroxyl groups is 1. The third-order valence-corrected chi connectivity index (χ3v) is 6.05. The summed E-state index contributed by atoms with van der Waals surface area (Å²) in [5.41, 5.74) is 2.07. The Morgan fingerprint density at radius 1 is 1.06 bits per heavy atom. The quantitative estimate of drug-likeness (QED) is 0.578. The molecular formula is C24H29ClFN5O. The zero-order valence-corrected chi connectivity index (χ0v) is 19.4. The fourth-order valence-corrected chi connectivity index (χ4v) is 3.81. The monoisotopic (exact) mass is 457 g/mol. The second kappa shape index (κ2) is 9.88. The molecule has 6 nitrogen and oxygen atoms in total. The molecule has 0 spiro atoms. The summed E-state index contributed by atoms with van der Waals surface area (Å²) in [6, 6.07) is 8.55. The third kappa shape index (κ3) is 5.40. The third-order valence-electron chi connectivity index (χ3n) is 6.05. The van der Waals surface area contributed by atoms with Crippen LogP contribution < -0.4 is 4.90 Å². The SMILES string of the molecule is CC(C)C1(O)CN(c2cc(Cc3cnccn3)nc(C[C@@H](C)c3ccc(F)cc3)n2)C1.Cl. The summed E-state index contributed by atoms with van der Waals surface area (Å²) in [6.45, 7) is 7.27. The number of β-amino-alcohol motifs (C(OH)–C–C–N with tert-alkyl or cyclic N) is 1. The summed E-state index contributed by atoms with van der Waals surface area (Å²) >= 11 is 0. The maximum Gasteiger partial charge on any atom is 0.132 e. The highest BCUT2D eigenvalue weighted by Gasteiger charge is 2.44. The predicted octanol–water partition coefficient (Wildman–Crippen LogP) is 3.97. The van der Waals surface area contributed by atoms with E-state index in [9.17, 15) is 9.50 Å². The van der Waals surface area contributed by atoms with E-state index in [1.54, 1.807) is 18.6 Å². The molecule has 32 heavy (non-hydrogen) atoms. The average molecular weight is 458 g/mol. The molecule has 3 heterocycles. The Labute approximate surface area is 194 Å². The van der Waals surface area contributed by atoms with Crippen LogP contribution in [0, 0.1) is 11.7 Å². The van der Waals surface area contributed by atoms with Gasteiger partial charge in [0.1, 0.15) is 23.1 Å². The van der Waals surface area contributed by atoms with Crippen molar-refractivity contribution in [1.82, 2.24) is 19.9 Å². The molecule has 1 aromatic carbocycles. The number of anilines is 1. The Balaban J connectivity index is 0.00000289. The molecule has 0 amide bonds. The second-order valence-electron chi connectivity index (χ2n) is 8.78. The van der Waals surface area contributed by atoms with Crippen molar-refractivity contribution in [3.63, 3.8) is 0 Å². The Bertz CT molecular complexity index is 1030. The molecular weight excluding hydrogens is 429 g/mol. The van der Waals surface area contributed by atoms with Gasteiger partial charge < -0.3 is 10.0 Å². The smallest absolute Gasteiger partial charge is 0.132 e. The van der Waals surface area contributed by atoms with Crippen LogP contribution in [-0.4, -0.2) is 43.7 Å². The molecule has 4 rings (SSSR count). The van der Waals surface area contributed by atoms with Gasteiger partial charge >= 0.3 is 0 Å². The molecule has 1 fully saturated rings. The highest BCUT2D eigenvalue weighted by molar-refractivity contribution is 5.85. The molecule has 1 aliphatic rings. The van der Waals surface area contributed by atoms with Gasteiger partial charge in [-0.1, -0.05) is 32.9 Å². The molecule has 8 heteroatoms. The Kier molecular flexibility index (Phi) is 7.41. The van der Waals surface area contributed by atoms with Gasteiger partial charge in [-0.25, -0.2) is 14.4 Å². The molecule has 170 valence electrons. The van der Waals surface area contributed by atoms with E-state index in [1.165, 1.54) is 12.1 Å². The number of benzene rings is 1. The molecule has 0 aliphatic carbocycles. The summed E-state index contributed by atoms with van der Waals surface area (Å²) < 4.78 is 13.3. The lowest BCUT2D eigenvalue weighted by Gasteiger charge is -2.49. The van der Waals surface area contributed by atoms with Crippen molar-refractivity contribution in [3.8, 4) is 0 Å². The Hall–Kier alpha value is -2.64. The minimum atomic E-state index is -0.683. The van der Waals surface area contributed by atoms with E-state index in [1.807, 2.05) is 32.0 Å². The van der Waals surface area contributed by atoms with Crippen molar-refractivity contribution < 1.29 is 9.50 Å². The molecule has 0 saturated carbocycles. The zero-order valence-electron chi connectivity index (χ0n) is 18.6. The van der Waals surface area contributed by atoms with E-state index in [4.69, 9.17) is 9.97 Å². The van der Waals surface area contributed by atoms with Crippen molar-refractivity contribution in [2.45, 2.75) is 45.1 Å². The average Bonchev–Trinajstić information content (AvgIpc) is 2.72. The highest BCUT2D eigenvalue weighted by atomic mass is 35.5. The molecule has 3 aromatic rings. The normalized spacial score (nSPS) is 15.8. The standard InChI is InChI=1S/C24H28FN5O.ClH/c1-16(2)24(31)14-30(15-24)23-12-20(11-21-13-26-8-9-27-21)28-22(29-23)10-17(3)18-4-6-19(25)7-5-18;/h4-9,12-13,16-17,31H,10-11,14-15H2,1-3H3;1H/t17-;/m1./s1. The van der Waals surface area contributed by atoms with Crippen molar-refractivity contribution in [3.05, 3.63) is 77.5 Å². The Morgan fingerprint density at radius 2 is 1.78 bits per heavy atom. The molecule has 0 radical (unpaired) electrons. The fraction of sp³-hybridized carbons (Fsp3) is 0.417. The molecule has 1 N–H and O–H groups in total. The summed E-state index contributed by atoms with van der Waals surface area (Å²) in [6.07, 6.45) is 6.26. The van der Waals surface area contributed by atoms with Crippen molar-refractivity contribution in [1.29, 1.82) is 0 Å². The van der Waals surface area contributed by atoms with Crippen molar-refractivity contribution in [2.75, 3.05) is 18.0 Å². The van der Waals surface area contributed by atoms with Crippen LogP contribution in [0.3, 0.4) is 0 Å². The first-order valence-electron chi connectivity index (χ1n) is 10.7. The van der Waals surface area contributed by atoms with E-state index in [-0.39, 0.29) is 30.1 Å². The minimum absolute atomic E-state index is 0. The van der Waals surface area contributed by atoms with Crippen LogP contribution in [0.5, 0.6) is 0 Å². The Morgan fingerprint density at radius 3 is 2.41 bits per heavy atom. The van der Waals surface area contributed by atoms with Gasteiger partial charge in [0.05, 0.1) is 24.5 Å². The molecule has 2 aromatic heterocycles. The number of halogens is 2. The van der Waals surface area contributed by atoms with Gasteiger partial charge in [0.15, 0.2) is 0 Å². The van der Waals surface area contributed by atoms with Crippen LogP contribution in [0.15, 0.2) is 48.9 Å². The van der Waals surface area contributed by atoms with E-state index in [0.717, 1.165) is 28.6 Å². The van der Waals surface area contributed by atoms with Crippen LogP contribution in [0.25, 0.3) is 0 Å². The maximum absolute atomic E-state index is 13.3. The van der Waals surface area contributed by atoms with Gasteiger partial charge in [-0.05, 0) is 29.5 Å². The lowest BCUT2D eigenvalue weighted by Crippen LogP contribution is -2.65. The number of hydrogen-bond acceptors (Lipinski definition) is 6. The molecule has 0 unspecified atom stereocenters. The van der Waals surface area contributed by atoms with E-state index < -0.39 is 5.60 Å². The van der Waals surface area contributed by atoms with Gasteiger partial charge in [0.25, 0.3) is 0 Å². The van der Waals surface area contributed by atoms with Gasteiger partial charge in [-0.2, -0.15) is 0 Å². The van der Waals surface area contributed by atoms with Crippen molar-refractivity contribution >= 4 is 18.2 Å². The van der Waals surface area contributed by atoms with Gasteiger partial charge in [0.2, 0.25) is 0 Å². The molecule has 1 saturated heterocycles. The van der Waals surface area contributed by atoms with Gasteiger partial charge in [-0.15, -0.1) is 12.4 Å². The summed E-state index contributed by atoms with van der Waals surface area (Å²) in [4.78, 5) is 20.2. The summed E-state index contributed by atoms with van der Waals surface area (Å²) in [5.74, 6) is 1.64. The summed E-state index contributed by atoms with van der Waals surface area (Å²) in [7, 11) is 0. The largest absolute Gasteiger partial charge is 0.386 e. The van der Waals surface area contributed by atoms with Gasteiger partial charge in [0, 0.05) is 37.5 Å². The number of aromatic nitrogens is 4. The number of nitrogens with zero attached hydrogens (tertiary/aromatic N) is 5. The number of hydrogen-bond donors (Lipinski definition) is 1.